The van der Waals surface area contributed by atoms with Gasteiger partial charge in [0.05, 0.1) is 24.1 Å². The molecule has 1 atom stereocenters. The molecule has 2 N–H and O–H groups in total. The smallest absolute Gasteiger partial charge is 0.324 e. The summed E-state index contributed by atoms with van der Waals surface area (Å²) in [5.74, 6) is 1.45. The first-order valence-corrected chi connectivity index (χ1v) is 14.0. The number of hydrogen-bond acceptors (Lipinski definition) is 6. The minimum Gasteiger partial charge on any atom is -0.492 e. The van der Waals surface area contributed by atoms with E-state index in [4.69, 9.17) is 9.47 Å². The highest BCUT2D eigenvalue weighted by atomic mass is 16.5. The molecular formula is C30H44N6O3. The van der Waals surface area contributed by atoms with Gasteiger partial charge in [-0.2, -0.15) is 5.10 Å². The van der Waals surface area contributed by atoms with Gasteiger partial charge in [-0.15, -0.1) is 0 Å². The van der Waals surface area contributed by atoms with Crippen molar-refractivity contribution in [1.29, 1.82) is 0 Å². The SMILES string of the molecule is CCN(CC)CC1CN(CCOc2ccc(NC(=O)Nc3cc(C(C)(C)C)nn3C)c3ccccc23)CCO1. The van der Waals surface area contributed by atoms with E-state index in [0.717, 1.165) is 73.8 Å². The first-order chi connectivity index (χ1) is 18.7. The summed E-state index contributed by atoms with van der Waals surface area (Å²) in [6.07, 6.45) is 0.238. The summed E-state index contributed by atoms with van der Waals surface area (Å²) in [7, 11) is 1.83. The summed E-state index contributed by atoms with van der Waals surface area (Å²) in [5.41, 5.74) is 1.54. The number of aromatic nitrogens is 2. The molecule has 0 bridgehead atoms. The number of carbonyl (C=O) groups is 1. The quantitative estimate of drug-likeness (QED) is 0.382. The molecule has 2 heterocycles. The van der Waals surface area contributed by atoms with Crippen molar-refractivity contribution in [3.8, 4) is 5.75 Å². The highest BCUT2D eigenvalue weighted by Gasteiger charge is 2.22. The molecule has 9 nitrogen and oxygen atoms in total. The normalized spacial score (nSPS) is 16.5. The first-order valence-electron chi connectivity index (χ1n) is 14.0. The van der Waals surface area contributed by atoms with E-state index in [0.29, 0.717) is 12.4 Å². The highest BCUT2D eigenvalue weighted by molar-refractivity contribution is 6.07. The van der Waals surface area contributed by atoms with E-state index in [-0.39, 0.29) is 17.6 Å². The lowest BCUT2D eigenvalue weighted by Gasteiger charge is -2.35. The number of carbonyl (C=O) groups excluding carboxylic acids is 1. The van der Waals surface area contributed by atoms with Crippen LogP contribution in [0.4, 0.5) is 16.3 Å². The van der Waals surface area contributed by atoms with Gasteiger partial charge in [-0.3, -0.25) is 14.9 Å². The Hall–Kier alpha value is -3.14. The fourth-order valence-electron chi connectivity index (χ4n) is 4.88. The predicted octanol–water partition coefficient (Wildman–Crippen LogP) is 4.94. The van der Waals surface area contributed by atoms with Crippen molar-refractivity contribution in [3.05, 3.63) is 48.2 Å². The molecule has 1 aromatic heterocycles. The third kappa shape index (κ3) is 7.50. The van der Waals surface area contributed by atoms with E-state index in [1.54, 1.807) is 4.68 Å². The summed E-state index contributed by atoms with van der Waals surface area (Å²) >= 11 is 0. The zero-order valence-corrected chi connectivity index (χ0v) is 24.3. The van der Waals surface area contributed by atoms with Crippen molar-refractivity contribution in [3.63, 3.8) is 0 Å². The molecule has 212 valence electrons. The molecule has 0 aliphatic carbocycles. The number of urea groups is 1. The number of fused-ring (bicyclic) bond motifs is 1. The number of aryl methyl sites for hydroxylation is 1. The molecule has 4 rings (SSSR count). The Kier molecular flexibility index (Phi) is 9.48. The van der Waals surface area contributed by atoms with Crippen LogP contribution in [-0.4, -0.2) is 84.2 Å². The fourth-order valence-corrected chi connectivity index (χ4v) is 4.88. The van der Waals surface area contributed by atoms with E-state index in [9.17, 15) is 4.79 Å². The molecule has 0 saturated carbocycles. The van der Waals surface area contributed by atoms with Crippen molar-refractivity contribution in [2.45, 2.75) is 46.1 Å². The molecule has 1 unspecified atom stereocenters. The summed E-state index contributed by atoms with van der Waals surface area (Å²) in [5, 5.41) is 12.4. The molecule has 1 aliphatic heterocycles. The minimum absolute atomic E-state index is 0.102. The van der Waals surface area contributed by atoms with Crippen LogP contribution in [0.3, 0.4) is 0 Å². The lowest BCUT2D eigenvalue weighted by atomic mass is 9.92. The lowest BCUT2D eigenvalue weighted by Crippen LogP contribution is -2.48. The van der Waals surface area contributed by atoms with Gasteiger partial charge in [-0.1, -0.05) is 58.9 Å². The van der Waals surface area contributed by atoms with Gasteiger partial charge in [-0.05, 0) is 25.2 Å². The molecule has 1 aliphatic rings. The van der Waals surface area contributed by atoms with Gasteiger partial charge in [0.15, 0.2) is 0 Å². The molecule has 39 heavy (non-hydrogen) atoms. The van der Waals surface area contributed by atoms with Gasteiger partial charge >= 0.3 is 6.03 Å². The summed E-state index contributed by atoms with van der Waals surface area (Å²) in [4.78, 5) is 17.7. The summed E-state index contributed by atoms with van der Waals surface area (Å²) < 4.78 is 13.9. The van der Waals surface area contributed by atoms with Crippen LogP contribution in [0.5, 0.6) is 5.75 Å². The van der Waals surface area contributed by atoms with Crippen LogP contribution in [-0.2, 0) is 17.2 Å². The van der Waals surface area contributed by atoms with Crippen LogP contribution in [0.1, 0.15) is 40.3 Å². The monoisotopic (exact) mass is 536 g/mol. The highest BCUT2D eigenvalue weighted by Crippen LogP contribution is 2.32. The number of morpholine rings is 1. The van der Waals surface area contributed by atoms with Gasteiger partial charge in [0, 0.05) is 55.5 Å². The Bertz CT molecular complexity index is 1250. The maximum Gasteiger partial charge on any atom is 0.324 e. The Morgan fingerprint density at radius 2 is 1.87 bits per heavy atom. The fraction of sp³-hybridized carbons (Fsp3) is 0.533. The van der Waals surface area contributed by atoms with Gasteiger partial charge in [0.1, 0.15) is 18.2 Å². The minimum atomic E-state index is -0.316. The molecular weight excluding hydrogens is 492 g/mol. The third-order valence-corrected chi connectivity index (χ3v) is 7.27. The largest absolute Gasteiger partial charge is 0.492 e. The molecule has 2 aromatic carbocycles. The van der Waals surface area contributed by atoms with Crippen LogP contribution in [0.25, 0.3) is 10.8 Å². The molecule has 1 saturated heterocycles. The number of ether oxygens (including phenoxy) is 2. The molecule has 0 spiro atoms. The average molecular weight is 537 g/mol. The third-order valence-electron chi connectivity index (χ3n) is 7.27. The maximum absolute atomic E-state index is 12.9. The van der Waals surface area contributed by atoms with Gasteiger partial charge < -0.3 is 19.7 Å². The van der Waals surface area contributed by atoms with Gasteiger partial charge in [0.25, 0.3) is 0 Å². The van der Waals surface area contributed by atoms with E-state index >= 15 is 0 Å². The van der Waals surface area contributed by atoms with Crippen LogP contribution in [0.15, 0.2) is 42.5 Å². The number of benzene rings is 2. The second-order valence-electron chi connectivity index (χ2n) is 11.2. The van der Waals surface area contributed by atoms with Crippen LogP contribution in [0, 0.1) is 0 Å². The zero-order valence-electron chi connectivity index (χ0n) is 24.3. The van der Waals surface area contributed by atoms with Crippen molar-refractivity contribution < 1.29 is 14.3 Å². The number of amides is 2. The second-order valence-corrected chi connectivity index (χ2v) is 11.2. The number of nitrogens with one attached hydrogen (secondary N) is 2. The Balaban J connectivity index is 1.37. The van der Waals surface area contributed by atoms with E-state index in [2.05, 4.69) is 60.2 Å². The lowest BCUT2D eigenvalue weighted by molar-refractivity contribution is -0.0445. The standard InChI is InChI=1S/C30H44N6O3/c1-7-35(8-2)20-22-21-36(15-17-38-22)16-18-39-26-14-13-25(23-11-9-10-12-24(23)26)31-29(37)32-28-19-27(30(3,4)5)33-34(28)6/h9-14,19,22H,7-8,15-18,20-21H2,1-6H3,(H2,31,32,37). The number of rotatable bonds is 10. The predicted molar refractivity (Wildman–Crippen MR) is 158 cm³/mol. The van der Waals surface area contributed by atoms with Crippen LogP contribution >= 0.6 is 0 Å². The van der Waals surface area contributed by atoms with E-state index < -0.39 is 0 Å². The van der Waals surface area contributed by atoms with Crippen molar-refractivity contribution in [2.24, 2.45) is 7.05 Å². The first kappa shape index (κ1) is 28.9. The summed E-state index contributed by atoms with van der Waals surface area (Å²) in [6, 6.07) is 13.4. The zero-order chi connectivity index (χ0) is 28.0. The molecule has 0 radical (unpaired) electrons. The van der Waals surface area contributed by atoms with Crippen molar-refractivity contribution >= 4 is 28.3 Å². The Morgan fingerprint density at radius 1 is 1.13 bits per heavy atom. The molecule has 1 fully saturated rings. The molecule has 9 heteroatoms. The topological polar surface area (TPSA) is 83.9 Å². The number of nitrogens with zero attached hydrogens (tertiary/aromatic N) is 4. The Morgan fingerprint density at radius 3 is 2.56 bits per heavy atom. The second kappa shape index (κ2) is 12.8. The Labute approximate surface area is 232 Å². The van der Waals surface area contributed by atoms with Crippen molar-refractivity contribution in [1.82, 2.24) is 19.6 Å². The number of anilines is 2. The van der Waals surface area contributed by atoms with E-state index in [1.165, 1.54) is 0 Å². The number of hydrogen-bond donors (Lipinski definition) is 2. The maximum atomic E-state index is 12.9. The van der Waals surface area contributed by atoms with Crippen LogP contribution < -0.4 is 15.4 Å². The molecule has 2 amide bonds. The van der Waals surface area contributed by atoms with Crippen LogP contribution in [0.2, 0.25) is 0 Å². The average Bonchev–Trinajstić information content (AvgIpc) is 3.29. The molecule has 3 aromatic rings. The van der Waals surface area contributed by atoms with E-state index in [1.807, 2.05) is 49.5 Å². The number of likely N-dealkylation sites (N-methyl/N-ethyl adjacent to an activating group) is 1. The van der Waals surface area contributed by atoms with Gasteiger partial charge in [-0.25, -0.2) is 4.79 Å². The van der Waals surface area contributed by atoms with Gasteiger partial charge in [0.2, 0.25) is 0 Å². The summed E-state index contributed by atoms with van der Waals surface area (Å²) in [6.45, 7) is 17.8. The van der Waals surface area contributed by atoms with Crippen molar-refractivity contribution in [2.75, 3.05) is 63.1 Å².